The number of nitrogens with one attached hydrogen (secondary N) is 1. The number of ether oxygens (including phenoxy) is 1. The van der Waals surface area contributed by atoms with E-state index in [1.165, 1.54) is 0 Å². The lowest BCUT2D eigenvalue weighted by Crippen LogP contribution is -2.44. The van der Waals surface area contributed by atoms with Crippen molar-refractivity contribution < 1.29 is 17.9 Å². The lowest BCUT2D eigenvalue weighted by Gasteiger charge is -2.27. The van der Waals surface area contributed by atoms with Crippen molar-refractivity contribution in [3.63, 3.8) is 0 Å². The molecule has 1 rings (SSSR count). The Labute approximate surface area is 97.7 Å². The molecule has 0 aromatic carbocycles. The molecule has 0 spiro atoms. The third-order valence-electron chi connectivity index (χ3n) is 2.26. The third kappa shape index (κ3) is 6.57. The summed E-state index contributed by atoms with van der Waals surface area (Å²) in [6.45, 7) is 3.39. The van der Waals surface area contributed by atoms with Crippen LogP contribution in [0.4, 0.5) is 13.2 Å². The maximum Gasteiger partial charge on any atom is 0.441 e. The summed E-state index contributed by atoms with van der Waals surface area (Å²) in [6.07, 6.45) is 0.0923. The Kier molecular flexibility index (Phi) is 5.88. The maximum atomic E-state index is 11.9. The molecule has 0 aliphatic carbocycles. The maximum absolute atomic E-state index is 11.9. The van der Waals surface area contributed by atoms with Crippen LogP contribution in [0.25, 0.3) is 0 Å². The second-order valence-electron chi connectivity index (χ2n) is 3.75. The van der Waals surface area contributed by atoms with Gasteiger partial charge >= 0.3 is 5.51 Å². The monoisotopic (exact) mass is 258 g/mol. The molecule has 3 nitrogen and oxygen atoms in total. The van der Waals surface area contributed by atoms with Gasteiger partial charge in [0, 0.05) is 31.9 Å². The number of rotatable bonds is 5. The second kappa shape index (κ2) is 6.68. The molecule has 1 saturated heterocycles. The van der Waals surface area contributed by atoms with Crippen molar-refractivity contribution in [3.8, 4) is 0 Å². The van der Waals surface area contributed by atoms with Gasteiger partial charge in [0.15, 0.2) is 0 Å². The van der Waals surface area contributed by atoms with Crippen LogP contribution in [0.2, 0.25) is 0 Å². The molecule has 1 atom stereocenters. The van der Waals surface area contributed by atoms with Gasteiger partial charge in [-0.15, -0.1) is 0 Å². The van der Waals surface area contributed by atoms with Crippen LogP contribution >= 0.6 is 11.8 Å². The zero-order valence-electron chi connectivity index (χ0n) is 9.22. The van der Waals surface area contributed by atoms with E-state index in [1.54, 1.807) is 0 Å². The van der Waals surface area contributed by atoms with Crippen molar-refractivity contribution in [2.24, 2.45) is 0 Å². The minimum atomic E-state index is -4.12. The van der Waals surface area contributed by atoms with E-state index in [0.29, 0.717) is 19.7 Å². The minimum absolute atomic E-state index is 0.0258. The molecule has 0 saturated carbocycles. The van der Waals surface area contributed by atoms with E-state index in [9.17, 15) is 13.2 Å². The first kappa shape index (κ1) is 14.1. The van der Waals surface area contributed by atoms with Gasteiger partial charge in [-0.3, -0.25) is 0 Å². The summed E-state index contributed by atoms with van der Waals surface area (Å²) < 4.78 is 41.1. The molecule has 0 amide bonds. The van der Waals surface area contributed by atoms with Gasteiger partial charge in [-0.25, -0.2) is 0 Å². The van der Waals surface area contributed by atoms with Crippen LogP contribution in [0, 0.1) is 0 Å². The van der Waals surface area contributed by atoms with Crippen molar-refractivity contribution in [1.82, 2.24) is 10.2 Å². The lowest BCUT2D eigenvalue weighted by atomic mass is 10.3. The Morgan fingerprint density at radius 2 is 2.25 bits per heavy atom. The fourth-order valence-electron chi connectivity index (χ4n) is 1.49. The van der Waals surface area contributed by atoms with E-state index in [2.05, 4.69) is 5.32 Å². The molecule has 1 heterocycles. The lowest BCUT2D eigenvalue weighted by molar-refractivity contribution is -0.0329. The van der Waals surface area contributed by atoms with Crippen molar-refractivity contribution >= 4 is 11.8 Å². The Balaban J connectivity index is 2.08. The number of nitrogens with zero attached hydrogens (tertiary/aromatic N) is 1. The first-order valence-electron chi connectivity index (χ1n) is 5.19. The average molecular weight is 258 g/mol. The highest BCUT2D eigenvalue weighted by Gasteiger charge is 2.27. The van der Waals surface area contributed by atoms with Gasteiger partial charge < -0.3 is 15.0 Å². The van der Waals surface area contributed by atoms with E-state index < -0.39 is 5.51 Å². The molecule has 7 heteroatoms. The number of likely N-dealkylation sites (N-methyl/N-ethyl adjacent to an activating group) is 1. The summed E-state index contributed by atoms with van der Waals surface area (Å²) in [7, 11) is 1.81. The van der Waals surface area contributed by atoms with Crippen LogP contribution in [-0.4, -0.2) is 62.1 Å². The van der Waals surface area contributed by atoms with Crippen molar-refractivity contribution in [2.45, 2.75) is 11.6 Å². The molecular weight excluding hydrogens is 241 g/mol. The van der Waals surface area contributed by atoms with E-state index in [4.69, 9.17) is 4.74 Å². The largest absolute Gasteiger partial charge is 0.441 e. The molecule has 0 radical (unpaired) electrons. The Bertz CT molecular complexity index is 198. The van der Waals surface area contributed by atoms with Crippen LogP contribution in [0.15, 0.2) is 0 Å². The predicted molar refractivity (Wildman–Crippen MR) is 58.6 cm³/mol. The van der Waals surface area contributed by atoms with E-state index in [0.717, 1.165) is 13.1 Å². The molecular formula is C9H17F3N2OS. The molecule has 1 aliphatic rings. The summed E-state index contributed by atoms with van der Waals surface area (Å²) >= 11 is 0.0258. The fraction of sp³-hybridized carbons (Fsp3) is 1.00. The highest BCUT2D eigenvalue weighted by molar-refractivity contribution is 8.00. The van der Waals surface area contributed by atoms with Crippen molar-refractivity contribution in [1.29, 1.82) is 0 Å². The molecule has 1 aliphatic heterocycles. The summed E-state index contributed by atoms with van der Waals surface area (Å²) in [5.41, 5.74) is -4.12. The van der Waals surface area contributed by atoms with Gasteiger partial charge in [0.25, 0.3) is 0 Å². The second-order valence-corrected chi connectivity index (χ2v) is 4.91. The van der Waals surface area contributed by atoms with Gasteiger partial charge in [-0.05, 0) is 18.8 Å². The van der Waals surface area contributed by atoms with Gasteiger partial charge in [0.05, 0.1) is 12.7 Å². The molecule has 16 heavy (non-hydrogen) atoms. The van der Waals surface area contributed by atoms with Crippen LogP contribution in [0.5, 0.6) is 0 Å². The van der Waals surface area contributed by atoms with Gasteiger partial charge in [0.2, 0.25) is 0 Å². The van der Waals surface area contributed by atoms with Gasteiger partial charge in [0.1, 0.15) is 0 Å². The van der Waals surface area contributed by atoms with Crippen molar-refractivity contribution in [3.05, 3.63) is 0 Å². The molecule has 0 aromatic heterocycles. The third-order valence-corrected chi connectivity index (χ3v) is 2.97. The summed E-state index contributed by atoms with van der Waals surface area (Å²) in [6, 6.07) is 0. The minimum Gasteiger partial charge on any atom is -0.374 e. The van der Waals surface area contributed by atoms with Crippen LogP contribution in [0.3, 0.4) is 0 Å². The fourth-order valence-corrected chi connectivity index (χ4v) is 2.13. The smallest absolute Gasteiger partial charge is 0.374 e. The van der Waals surface area contributed by atoms with Gasteiger partial charge in [-0.2, -0.15) is 13.2 Å². The van der Waals surface area contributed by atoms with Gasteiger partial charge in [-0.1, -0.05) is 0 Å². The molecule has 0 bridgehead atoms. The van der Waals surface area contributed by atoms with Crippen molar-refractivity contribution in [2.75, 3.05) is 45.6 Å². The number of alkyl halides is 3. The normalized spacial score (nSPS) is 22.7. The van der Waals surface area contributed by atoms with E-state index in [1.807, 2.05) is 11.9 Å². The summed E-state index contributed by atoms with van der Waals surface area (Å²) in [4.78, 5) is 1.87. The molecule has 96 valence electrons. The highest BCUT2D eigenvalue weighted by atomic mass is 32.2. The molecule has 0 aromatic rings. The molecule has 1 fully saturated rings. The number of hydrogen-bond donors (Lipinski definition) is 1. The number of morpholine rings is 1. The van der Waals surface area contributed by atoms with Crippen LogP contribution in [0.1, 0.15) is 0 Å². The predicted octanol–water partition coefficient (Wildman–Crippen LogP) is 1.16. The number of thioether (sulfide) groups is 1. The van der Waals surface area contributed by atoms with E-state index >= 15 is 0 Å². The first-order chi connectivity index (χ1) is 7.47. The Morgan fingerprint density at radius 1 is 1.50 bits per heavy atom. The summed E-state index contributed by atoms with van der Waals surface area (Å²) in [5.74, 6) is 0.0696. The SMILES string of the molecule is CN(CCSC(F)(F)F)CC1CNCCO1. The highest BCUT2D eigenvalue weighted by Crippen LogP contribution is 2.29. The molecule has 1 unspecified atom stereocenters. The topological polar surface area (TPSA) is 24.5 Å². The number of halogens is 3. The van der Waals surface area contributed by atoms with Crippen LogP contribution in [-0.2, 0) is 4.74 Å². The quantitative estimate of drug-likeness (QED) is 0.800. The van der Waals surface area contributed by atoms with E-state index in [-0.39, 0.29) is 23.6 Å². The Morgan fingerprint density at radius 3 is 2.81 bits per heavy atom. The van der Waals surface area contributed by atoms with Crippen LogP contribution < -0.4 is 5.32 Å². The first-order valence-corrected chi connectivity index (χ1v) is 6.17. The Hall–Kier alpha value is 0.0200. The summed E-state index contributed by atoms with van der Waals surface area (Å²) in [5, 5.41) is 3.18. The zero-order chi connectivity index (χ0) is 12.0. The number of hydrogen-bond acceptors (Lipinski definition) is 4. The standard InChI is InChI=1S/C9H17F3N2OS/c1-14(3-5-16-9(10,11)12)7-8-6-13-2-4-15-8/h8,13H,2-7H2,1H3. The average Bonchev–Trinajstić information content (AvgIpc) is 2.17. The zero-order valence-corrected chi connectivity index (χ0v) is 10.0. The molecule has 1 N–H and O–H groups in total.